The number of carbonyl (C=O) groups is 1. The van der Waals surface area contributed by atoms with Gasteiger partial charge in [-0.1, -0.05) is 12.1 Å². The van der Waals surface area contributed by atoms with Crippen molar-refractivity contribution in [2.45, 2.75) is 25.3 Å². The molecule has 0 saturated heterocycles. The van der Waals surface area contributed by atoms with Gasteiger partial charge in [-0.05, 0) is 37.8 Å². The molecule has 0 unspecified atom stereocenters. The number of benzene rings is 1. The van der Waals surface area contributed by atoms with Crippen LogP contribution in [0.2, 0.25) is 0 Å². The second kappa shape index (κ2) is 6.78. The van der Waals surface area contributed by atoms with Gasteiger partial charge in [0.05, 0.1) is 10.9 Å². The molecule has 1 aromatic carbocycles. The number of nitrogens with zero attached hydrogens (tertiary/aromatic N) is 1. The number of hydrogen-bond donors (Lipinski definition) is 1. The van der Waals surface area contributed by atoms with Gasteiger partial charge in [0.2, 0.25) is 0 Å². The lowest BCUT2D eigenvalue weighted by Gasteiger charge is -2.07. The maximum atomic E-state index is 12.3. The Bertz CT molecular complexity index is 976. The minimum absolute atomic E-state index is 0.0667. The zero-order valence-electron chi connectivity index (χ0n) is 13.5. The lowest BCUT2D eigenvalue weighted by atomic mass is 10.2. The molecule has 24 heavy (non-hydrogen) atoms. The molecule has 0 spiro atoms. The lowest BCUT2D eigenvalue weighted by molar-refractivity contribution is 0.0458. The molecule has 0 aliphatic heterocycles. The maximum Gasteiger partial charge on any atom is 0.339 e. The number of fused-ring (bicyclic) bond motifs is 1. The fraction of sp³-hybridized carbons (Fsp3) is 0.235. The van der Waals surface area contributed by atoms with Gasteiger partial charge >= 0.3 is 5.97 Å². The SMILES string of the molecule is CSc1ccccc1C(=O)OCc1nc2sc(C)c(C)c2c(=O)[nH]1. The van der Waals surface area contributed by atoms with Crippen molar-refractivity contribution in [1.29, 1.82) is 0 Å². The average Bonchev–Trinajstić information content (AvgIpc) is 2.87. The zero-order valence-corrected chi connectivity index (χ0v) is 15.1. The van der Waals surface area contributed by atoms with Gasteiger partial charge in [-0.3, -0.25) is 4.79 Å². The first-order valence-corrected chi connectivity index (χ1v) is 9.34. The van der Waals surface area contributed by atoms with E-state index in [1.165, 1.54) is 23.1 Å². The summed E-state index contributed by atoms with van der Waals surface area (Å²) in [4.78, 5) is 34.2. The first kappa shape index (κ1) is 16.7. The van der Waals surface area contributed by atoms with Crippen LogP contribution in [-0.4, -0.2) is 22.2 Å². The van der Waals surface area contributed by atoms with Crippen LogP contribution in [0.4, 0.5) is 0 Å². The maximum absolute atomic E-state index is 12.3. The lowest BCUT2D eigenvalue weighted by Crippen LogP contribution is -2.14. The molecule has 0 bridgehead atoms. The first-order valence-electron chi connectivity index (χ1n) is 7.30. The molecule has 0 atom stereocenters. The smallest absolute Gasteiger partial charge is 0.339 e. The Labute approximate surface area is 147 Å². The van der Waals surface area contributed by atoms with E-state index in [2.05, 4.69) is 9.97 Å². The van der Waals surface area contributed by atoms with Crippen LogP contribution in [0.5, 0.6) is 0 Å². The van der Waals surface area contributed by atoms with Crippen LogP contribution in [0.15, 0.2) is 34.0 Å². The Hall–Kier alpha value is -2.12. The molecule has 7 heteroatoms. The van der Waals surface area contributed by atoms with E-state index in [4.69, 9.17) is 4.74 Å². The fourth-order valence-electron chi connectivity index (χ4n) is 2.39. The molecular weight excluding hydrogens is 344 g/mol. The number of rotatable bonds is 4. The molecule has 1 N–H and O–H groups in total. The molecule has 2 aromatic heterocycles. The van der Waals surface area contributed by atoms with Crippen molar-refractivity contribution in [2.24, 2.45) is 0 Å². The molecule has 5 nitrogen and oxygen atoms in total. The van der Waals surface area contributed by atoms with Gasteiger partial charge in [-0.25, -0.2) is 9.78 Å². The summed E-state index contributed by atoms with van der Waals surface area (Å²) in [5, 5.41) is 0.611. The van der Waals surface area contributed by atoms with E-state index in [1.807, 2.05) is 32.2 Å². The predicted octanol–water partition coefficient (Wildman–Crippen LogP) is 3.68. The topological polar surface area (TPSA) is 72.0 Å². The fourth-order valence-corrected chi connectivity index (χ4v) is 4.03. The van der Waals surface area contributed by atoms with Crippen molar-refractivity contribution < 1.29 is 9.53 Å². The van der Waals surface area contributed by atoms with Gasteiger partial charge in [0.15, 0.2) is 0 Å². The van der Waals surface area contributed by atoms with Crippen molar-refractivity contribution in [2.75, 3.05) is 6.26 Å². The molecule has 124 valence electrons. The number of ether oxygens (including phenoxy) is 1. The quantitative estimate of drug-likeness (QED) is 0.568. The summed E-state index contributed by atoms with van der Waals surface area (Å²) < 4.78 is 5.32. The highest BCUT2D eigenvalue weighted by Gasteiger charge is 2.15. The standard InChI is InChI=1S/C17H16N2O3S2/c1-9-10(2)24-16-14(9)15(20)18-13(19-16)8-22-17(21)11-6-4-5-7-12(11)23-3/h4-7H,8H2,1-3H3,(H,18,19,20). The third-order valence-corrected chi connectivity index (χ3v) is 5.65. The second-order valence-electron chi connectivity index (χ2n) is 5.25. The zero-order chi connectivity index (χ0) is 17.3. The Morgan fingerprint density at radius 1 is 1.33 bits per heavy atom. The summed E-state index contributed by atoms with van der Waals surface area (Å²) in [5.41, 5.74) is 1.26. The molecule has 2 heterocycles. The van der Waals surface area contributed by atoms with Crippen LogP contribution < -0.4 is 5.56 Å². The second-order valence-corrected chi connectivity index (χ2v) is 7.30. The number of aromatic nitrogens is 2. The molecular formula is C17H16N2O3S2. The summed E-state index contributed by atoms with van der Waals surface area (Å²) in [6, 6.07) is 7.25. The third-order valence-electron chi connectivity index (χ3n) is 3.75. The first-order chi connectivity index (χ1) is 11.5. The van der Waals surface area contributed by atoms with Gasteiger partial charge < -0.3 is 9.72 Å². The third kappa shape index (κ3) is 3.09. The Balaban J connectivity index is 1.83. The summed E-state index contributed by atoms with van der Waals surface area (Å²) in [6.45, 7) is 3.80. The van der Waals surface area contributed by atoms with Gasteiger partial charge in [-0.15, -0.1) is 23.1 Å². The summed E-state index contributed by atoms with van der Waals surface area (Å²) in [6.07, 6.45) is 1.90. The van der Waals surface area contributed by atoms with E-state index < -0.39 is 5.97 Å². The minimum atomic E-state index is -0.429. The van der Waals surface area contributed by atoms with E-state index in [-0.39, 0.29) is 12.2 Å². The van der Waals surface area contributed by atoms with E-state index in [9.17, 15) is 9.59 Å². The predicted molar refractivity (Wildman–Crippen MR) is 97.1 cm³/mol. The van der Waals surface area contributed by atoms with Crippen LogP contribution in [0.1, 0.15) is 26.6 Å². The molecule has 0 aliphatic carbocycles. The Morgan fingerprint density at radius 3 is 2.83 bits per heavy atom. The number of carbonyl (C=O) groups excluding carboxylic acids is 1. The molecule has 0 radical (unpaired) electrons. The normalized spacial score (nSPS) is 11.0. The Kier molecular flexibility index (Phi) is 4.73. The summed E-state index contributed by atoms with van der Waals surface area (Å²) in [5.74, 6) is -0.0787. The number of nitrogens with one attached hydrogen (secondary N) is 1. The van der Waals surface area contributed by atoms with Crippen molar-refractivity contribution >= 4 is 39.3 Å². The van der Waals surface area contributed by atoms with Crippen LogP contribution in [0.25, 0.3) is 10.2 Å². The van der Waals surface area contributed by atoms with Gasteiger partial charge in [0.25, 0.3) is 5.56 Å². The summed E-state index contributed by atoms with van der Waals surface area (Å²) >= 11 is 2.95. The number of aromatic amines is 1. The van der Waals surface area contributed by atoms with E-state index in [1.54, 1.807) is 12.1 Å². The van der Waals surface area contributed by atoms with Crippen LogP contribution in [0.3, 0.4) is 0 Å². The number of H-pyrrole nitrogens is 1. The number of thiophene rings is 1. The molecule has 0 fully saturated rings. The van der Waals surface area contributed by atoms with E-state index in [0.717, 1.165) is 15.3 Å². The average molecular weight is 360 g/mol. The highest BCUT2D eigenvalue weighted by atomic mass is 32.2. The molecule has 3 rings (SSSR count). The number of aryl methyl sites for hydroxylation is 2. The van der Waals surface area contributed by atoms with Crippen molar-refractivity contribution in [3.05, 3.63) is 56.4 Å². The molecule has 0 aliphatic rings. The number of esters is 1. The Morgan fingerprint density at radius 2 is 2.08 bits per heavy atom. The molecule has 3 aromatic rings. The van der Waals surface area contributed by atoms with Crippen LogP contribution >= 0.6 is 23.1 Å². The molecule has 0 saturated carbocycles. The highest BCUT2D eigenvalue weighted by Crippen LogP contribution is 2.26. The summed E-state index contributed by atoms with van der Waals surface area (Å²) in [7, 11) is 0. The van der Waals surface area contributed by atoms with E-state index >= 15 is 0 Å². The number of thioether (sulfide) groups is 1. The highest BCUT2D eigenvalue weighted by molar-refractivity contribution is 7.98. The van der Waals surface area contributed by atoms with Gasteiger partial charge in [0.1, 0.15) is 17.3 Å². The van der Waals surface area contributed by atoms with E-state index in [0.29, 0.717) is 21.6 Å². The van der Waals surface area contributed by atoms with Gasteiger partial charge in [0, 0.05) is 9.77 Å². The van der Waals surface area contributed by atoms with Crippen LogP contribution in [0, 0.1) is 13.8 Å². The number of hydrogen-bond acceptors (Lipinski definition) is 6. The van der Waals surface area contributed by atoms with Crippen molar-refractivity contribution in [1.82, 2.24) is 9.97 Å². The van der Waals surface area contributed by atoms with Gasteiger partial charge in [-0.2, -0.15) is 0 Å². The van der Waals surface area contributed by atoms with Crippen molar-refractivity contribution in [3.63, 3.8) is 0 Å². The monoisotopic (exact) mass is 360 g/mol. The largest absolute Gasteiger partial charge is 0.454 e. The van der Waals surface area contributed by atoms with Crippen LogP contribution in [-0.2, 0) is 11.3 Å². The molecule has 0 amide bonds. The minimum Gasteiger partial charge on any atom is -0.454 e. The van der Waals surface area contributed by atoms with Crippen molar-refractivity contribution in [3.8, 4) is 0 Å².